The highest BCUT2D eigenvalue weighted by atomic mass is 16.3. The Balaban J connectivity index is 2.10. The number of aromatic amines is 1. The van der Waals surface area contributed by atoms with Gasteiger partial charge in [0.15, 0.2) is 11.5 Å². The first-order valence-corrected chi connectivity index (χ1v) is 5.82. The fraction of sp³-hybridized carbons (Fsp3) is 0.231. The lowest BCUT2D eigenvalue weighted by molar-refractivity contribution is 0.561. The normalized spacial score (nSPS) is 11.2. The zero-order valence-corrected chi connectivity index (χ0v) is 10.3. The Hall–Kier alpha value is -2.14. The zero-order valence-electron chi connectivity index (χ0n) is 10.3. The minimum atomic E-state index is 0.680. The summed E-state index contributed by atoms with van der Waals surface area (Å²) in [6, 6.07) is 5.95. The van der Waals surface area contributed by atoms with E-state index in [1.807, 2.05) is 32.2 Å². The molecule has 0 aliphatic carbocycles. The summed E-state index contributed by atoms with van der Waals surface area (Å²) in [6.07, 6.45) is 1.71. The molecule has 5 nitrogen and oxygen atoms in total. The maximum absolute atomic E-state index is 5.54. The second-order valence-corrected chi connectivity index (χ2v) is 4.18. The number of nitrogens with one attached hydrogen (secondary N) is 2. The van der Waals surface area contributed by atoms with E-state index < -0.39 is 0 Å². The third-order valence-electron chi connectivity index (χ3n) is 2.84. The SMILES string of the molecule is CNCc1[nH]cnc1-c1ccc2nc(C)oc2c1. The highest BCUT2D eigenvalue weighted by molar-refractivity contribution is 5.79. The fourth-order valence-corrected chi connectivity index (χ4v) is 2.07. The van der Waals surface area contributed by atoms with Gasteiger partial charge in [-0.15, -0.1) is 0 Å². The summed E-state index contributed by atoms with van der Waals surface area (Å²) in [6.45, 7) is 2.60. The van der Waals surface area contributed by atoms with E-state index in [2.05, 4.69) is 20.3 Å². The summed E-state index contributed by atoms with van der Waals surface area (Å²) < 4.78 is 5.54. The Labute approximate surface area is 104 Å². The Morgan fingerprint density at radius 1 is 1.39 bits per heavy atom. The first kappa shape index (κ1) is 11.0. The highest BCUT2D eigenvalue weighted by Gasteiger charge is 2.10. The average molecular weight is 242 g/mol. The number of aromatic nitrogens is 3. The lowest BCUT2D eigenvalue weighted by Crippen LogP contribution is -2.06. The van der Waals surface area contributed by atoms with Crippen LogP contribution in [0, 0.1) is 6.92 Å². The summed E-state index contributed by atoms with van der Waals surface area (Å²) >= 11 is 0. The van der Waals surface area contributed by atoms with Crippen LogP contribution < -0.4 is 5.32 Å². The fourth-order valence-electron chi connectivity index (χ4n) is 2.07. The van der Waals surface area contributed by atoms with Crippen LogP contribution >= 0.6 is 0 Å². The molecule has 3 rings (SSSR count). The molecule has 0 amide bonds. The maximum Gasteiger partial charge on any atom is 0.192 e. The molecule has 1 aromatic carbocycles. The van der Waals surface area contributed by atoms with Crippen molar-refractivity contribution in [2.75, 3.05) is 7.05 Å². The van der Waals surface area contributed by atoms with Crippen molar-refractivity contribution in [3.05, 3.63) is 36.1 Å². The average Bonchev–Trinajstić information content (AvgIpc) is 2.93. The van der Waals surface area contributed by atoms with Crippen molar-refractivity contribution in [2.24, 2.45) is 0 Å². The van der Waals surface area contributed by atoms with Crippen LogP contribution in [0.4, 0.5) is 0 Å². The predicted octanol–water partition coefficient (Wildman–Crippen LogP) is 2.25. The van der Waals surface area contributed by atoms with Crippen LogP contribution in [0.2, 0.25) is 0 Å². The summed E-state index contributed by atoms with van der Waals surface area (Å²) in [5.41, 5.74) is 4.71. The quantitative estimate of drug-likeness (QED) is 0.739. The number of benzene rings is 1. The standard InChI is InChI=1S/C13H14N4O/c1-8-17-10-4-3-9(5-12(10)18-8)13-11(6-14-2)15-7-16-13/h3-5,7,14H,6H2,1-2H3,(H,15,16). The molecule has 18 heavy (non-hydrogen) atoms. The number of imidazole rings is 1. The van der Waals surface area contributed by atoms with Gasteiger partial charge in [-0.05, 0) is 19.2 Å². The Morgan fingerprint density at radius 3 is 3.11 bits per heavy atom. The lowest BCUT2D eigenvalue weighted by atomic mass is 10.1. The molecule has 0 fully saturated rings. The topological polar surface area (TPSA) is 66.7 Å². The number of H-pyrrole nitrogens is 1. The van der Waals surface area contributed by atoms with Gasteiger partial charge in [-0.3, -0.25) is 0 Å². The van der Waals surface area contributed by atoms with Crippen LogP contribution in [0.15, 0.2) is 28.9 Å². The molecule has 2 N–H and O–H groups in total. The summed E-state index contributed by atoms with van der Waals surface area (Å²) in [7, 11) is 1.91. The van der Waals surface area contributed by atoms with Crippen LogP contribution in [0.1, 0.15) is 11.6 Å². The van der Waals surface area contributed by atoms with E-state index in [1.54, 1.807) is 6.33 Å². The van der Waals surface area contributed by atoms with Crippen molar-refractivity contribution in [1.29, 1.82) is 0 Å². The Morgan fingerprint density at radius 2 is 2.28 bits per heavy atom. The number of hydrogen-bond acceptors (Lipinski definition) is 4. The molecule has 0 unspecified atom stereocenters. The van der Waals surface area contributed by atoms with Gasteiger partial charge in [-0.2, -0.15) is 0 Å². The van der Waals surface area contributed by atoms with Crippen molar-refractivity contribution in [1.82, 2.24) is 20.3 Å². The van der Waals surface area contributed by atoms with Crippen molar-refractivity contribution < 1.29 is 4.42 Å². The molecule has 0 saturated carbocycles. The highest BCUT2D eigenvalue weighted by Crippen LogP contribution is 2.25. The largest absolute Gasteiger partial charge is 0.441 e. The van der Waals surface area contributed by atoms with Gasteiger partial charge >= 0.3 is 0 Å². The van der Waals surface area contributed by atoms with Crippen molar-refractivity contribution in [3.63, 3.8) is 0 Å². The number of aryl methyl sites for hydroxylation is 1. The van der Waals surface area contributed by atoms with Crippen molar-refractivity contribution in [3.8, 4) is 11.3 Å². The number of oxazole rings is 1. The smallest absolute Gasteiger partial charge is 0.192 e. The summed E-state index contributed by atoms with van der Waals surface area (Å²) in [5.74, 6) is 0.680. The molecule has 5 heteroatoms. The molecule has 92 valence electrons. The van der Waals surface area contributed by atoms with Crippen LogP contribution in [-0.2, 0) is 6.54 Å². The van der Waals surface area contributed by atoms with Crippen molar-refractivity contribution in [2.45, 2.75) is 13.5 Å². The summed E-state index contributed by atoms with van der Waals surface area (Å²) in [5, 5.41) is 3.11. The number of nitrogens with zero attached hydrogens (tertiary/aromatic N) is 2. The molecule has 0 aliphatic heterocycles. The van der Waals surface area contributed by atoms with Gasteiger partial charge < -0.3 is 14.7 Å². The molecule has 0 saturated heterocycles. The molecule has 0 aliphatic rings. The second-order valence-electron chi connectivity index (χ2n) is 4.18. The monoisotopic (exact) mass is 242 g/mol. The van der Waals surface area contributed by atoms with E-state index in [0.29, 0.717) is 5.89 Å². The Kier molecular flexibility index (Phi) is 2.60. The van der Waals surface area contributed by atoms with Gasteiger partial charge in [0.25, 0.3) is 0 Å². The minimum Gasteiger partial charge on any atom is -0.441 e. The second kappa shape index (κ2) is 4.27. The molecule has 0 radical (unpaired) electrons. The molecule has 0 spiro atoms. The number of fused-ring (bicyclic) bond motifs is 1. The third kappa shape index (κ3) is 1.78. The first-order valence-electron chi connectivity index (χ1n) is 5.82. The zero-order chi connectivity index (χ0) is 12.5. The molecule has 2 aromatic heterocycles. The van der Waals surface area contributed by atoms with Crippen LogP contribution in [0.3, 0.4) is 0 Å². The number of hydrogen-bond donors (Lipinski definition) is 2. The van der Waals surface area contributed by atoms with Gasteiger partial charge in [0.05, 0.1) is 17.7 Å². The minimum absolute atomic E-state index is 0.680. The third-order valence-corrected chi connectivity index (χ3v) is 2.84. The number of rotatable bonds is 3. The lowest BCUT2D eigenvalue weighted by Gasteiger charge is -2.01. The molecule has 0 atom stereocenters. The first-order chi connectivity index (χ1) is 8.78. The van der Waals surface area contributed by atoms with Crippen LogP contribution in [0.25, 0.3) is 22.4 Å². The van der Waals surface area contributed by atoms with E-state index in [9.17, 15) is 0 Å². The van der Waals surface area contributed by atoms with E-state index in [4.69, 9.17) is 4.42 Å². The van der Waals surface area contributed by atoms with E-state index in [-0.39, 0.29) is 0 Å². The Bertz CT molecular complexity index is 683. The molecule has 2 heterocycles. The van der Waals surface area contributed by atoms with Crippen LogP contribution in [0.5, 0.6) is 0 Å². The summed E-state index contributed by atoms with van der Waals surface area (Å²) in [4.78, 5) is 11.8. The van der Waals surface area contributed by atoms with Crippen LogP contribution in [-0.4, -0.2) is 22.0 Å². The van der Waals surface area contributed by atoms with Gasteiger partial charge in [0.1, 0.15) is 5.52 Å². The molecular weight excluding hydrogens is 228 g/mol. The molecule has 3 aromatic rings. The van der Waals surface area contributed by atoms with E-state index in [0.717, 1.165) is 34.6 Å². The van der Waals surface area contributed by atoms with Gasteiger partial charge in [-0.1, -0.05) is 6.07 Å². The molecule has 0 bridgehead atoms. The maximum atomic E-state index is 5.54. The van der Waals surface area contributed by atoms with Gasteiger partial charge in [-0.25, -0.2) is 9.97 Å². The van der Waals surface area contributed by atoms with Gasteiger partial charge in [0.2, 0.25) is 0 Å². The predicted molar refractivity (Wildman–Crippen MR) is 69.1 cm³/mol. The van der Waals surface area contributed by atoms with Crippen molar-refractivity contribution >= 4 is 11.1 Å². The van der Waals surface area contributed by atoms with E-state index >= 15 is 0 Å². The molecular formula is C13H14N4O. The van der Waals surface area contributed by atoms with E-state index in [1.165, 1.54) is 0 Å². The van der Waals surface area contributed by atoms with Gasteiger partial charge in [0, 0.05) is 19.0 Å².